The average molecular weight is 111 g/mol. The summed E-state index contributed by atoms with van der Waals surface area (Å²) < 4.78 is 0. The van der Waals surface area contributed by atoms with E-state index in [1.807, 2.05) is 6.92 Å². The Kier molecular flexibility index (Phi) is 29.8. The molecule has 2 heteroatoms. The smallest absolute Gasteiger partial charge is 0.0402 e. The lowest BCUT2D eigenvalue weighted by atomic mass is 10.9. The normalized spacial score (nSPS) is 6.00. The molecule has 40 valence electrons. The van der Waals surface area contributed by atoms with E-state index >= 15 is 0 Å². The maximum Gasteiger partial charge on any atom is 0.0402 e. The van der Waals surface area contributed by atoms with Crippen LogP contribution in [-0.2, 0) is 0 Å². The van der Waals surface area contributed by atoms with Crippen molar-refractivity contribution in [3.05, 3.63) is 0 Å². The van der Waals surface area contributed by atoms with Gasteiger partial charge in [0, 0.05) is 12.5 Å². The van der Waals surface area contributed by atoms with Crippen LogP contribution < -0.4 is 0 Å². The first-order valence-electron chi connectivity index (χ1n) is 2.00. The van der Waals surface area contributed by atoms with Crippen molar-refractivity contribution < 1.29 is 5.11 Å². The number of hydrogen-bond acceptors (Lipinski definition) is 1. The molecule has 0 spiro atoms. The van der Waals surface area contributed by atoms with Gasteiger partial charge in [-0.05, 0) is 6.92 Å². The van der Waals surface area contributed by atoms with Crippen LogP contribution in [-0.4, -0.2) is 17.6 Å². The van der Waals surface area contributed by atoms with Gasteiger partial charge in [-0.2, -0.15) is 0 Å². The van der Waals surface area contributed by atoms with Gasteiger partial charge in [0.1, 0.15) is 0 Å². The molecule has 0 saturated carbocycles. The molecule has 1 N–H and O–H groups in total. The van der Waals surface area contributed by atoms with Crippen LogP contribution in [0.15, 0.2) is 0 Å². The second-order valence-corrected chi connectivity index (χ2v) is 1.12. The van der Waals surface area contributed by atoms with E-state index in [2.05, 4.69) is 0 Å². The molecule has 0 bridgehead atoms. The van der Waals surface area contributed by atoms with Crippen LogP contribution >= 0.6 is 11.6 Å². The average Bonchev–Trinajstić information content (AvgIpc) is 1.39. The fourth-order valence-electron chi connectivity index (χ4n) is 0. The van der Waals surface area contributed by atoms with Crippen LogP contribution in [0.5, 0.6) is 0 Å². The van der Waals surface area contributed by atoms with Gasteiger partial charge in [-0.15, -0.1) is 11.6 Å². The molecule has 0 aromatic heterocycles. The number of hydrogen-bond donors (Lipinski definition) is 1. The Bertz CT molecular complexity index is 9.51. The molecule has 0 rings (SSSR count). The van der Waals surface area contributed by atoms with Crippen molar-refractivity contribution in [2.45, 2.75) is 13.8 Å². The van der Waals surface area contributed by atoms with Gasteiger partial charge < -0.3 is 5.11 Å². The van der Waals surface area contributed by atoms with Crippen molar-refractivity contribution in [1.29, 1.82) is 0 Å². The molecular weight excluding hydrogens is 99.5 g/mol. The van der Waals surface area contributed by atoms with Crippen molar-refractivity contribution in [2.24, 2.45) is 0 Å². The zero-order valence-corrected chi connectivity index (χ0v) is 5.00. The zero-order chi connectivity index (χ0) is 5.41. The summed E-state index contributed by atoms with van der Waals surface area (Å²) in [6.07, 6.45) is 0. The van der Waals surface area contributed by atoms with Crippen molar-refractivity contribution in [2.75, 3.05) is 12.5 Å². The summed E-state index contributed by atoms with van der Waals surface area (Å²) in [5.74, 6) is 0.722. The van der Waals surface area contributed by atoms with E-state index in [1.54, 1.807) is 6.92 Å². The molecule has 0 saturated heterocycles. The van der Waals surface area contributed by atoms with Gasteiger partial charge in [-0.25, -0.2) is 0 Å². The van der Waals surface area contributed by atoms with Gasteiger partial charge in [0.15, 0.2) is 0 Å². The lowest BCUT2D eigenvalue weighted by Crippen LogP contribution is -1.57. The molecule has 0 radical (unpaired) electrons. The second-order valence-electron chi connectivity index (χ2n) is 0.583. The molecular formula is C4H11ClO. The first-order chi connectivity index (χ1) is 2.83. The van der Waals surface area contributed by atoms with Gasteiger partial charge >= 0.3 is 0 Å². The van der Waals surface area contributed by atoms with E-state index < -0.39 is 0 Å². The van der Waals surface area contributed by atoms with Gasteiger partial charge in [-0.1, -0.05) is 6.92 Å². The van der Waals surface area contributed by atoms with Crippen molar-refractivity contribution in [3.8, 4) is 0 Å². The van der Waals surface area contributed by atoms with E-state index in [-0.39, 0.29) is 6.61 Å². The lowest BCUT2D eigenvalue weighted by molar-refractivity contribution is 0.318. The van der Waals surface area contributed by atoms with Crippen LogP contribution in [0.4, 0.5) is 0 Å². The predicted octanol–water partition coefficient (Wildman–Crippen LogP) is 1.24. The quantitative estimate of drug-likeness (QED) is 0.466. The summed E-state index contributed by atoms with van der Waals surface area (Å²) in [4.78, 5) is 0. The molecule has 0 unspecified atom stereocenters. The topological polar surface area (TPSA) is 20.2 Å². The van der Waals surface area contributed by atoms with Crippen LogP contribution in [0.1, 0.15) is 13.8 Å². The van der Waals surface area contributed by atoms with Gasteiger partial charge in [-0.3, -0.25) is 0 Å². The number of aliphatic hydroxyl groups excluding tert-OH is 1. The fraction of sp³-hybridized carbons (Fsp3) is 1.00. The molecule has 0 aromatic carbocycles. The molecule has 0 aliphatic carbocycles. The fourth-order valence-corrected chi connectivity index (χ4v) is 0. The first-order valence-corrected chi connectivity index (χ1v) is 2.53. The summed E-state index contributed by atoms with van der Waals surface area (Å²) in [6.45, 7) is 3.82. The Morgan fingerprint density at radius 3 is 1.50 bits per heavy atom. The maximum absolute atomic E-state index is 7.57. The van der Waals surface area contributed by atoms with Gasteiger partial charge in [0.25, 0.3) is 0 Å². The summed E-state index contributed by atoms with van der Waals surface area (Å²) in [5, 5.41) is 7.57. The summed E-state index contributed by atoms with van der Waals surface area (Å²) in [7, 11) is 0. The summed E-state index contributed by atoms with van der Waals surface area (Å²) >= 11 is 5.00. The predicted molar refractivity (Wildman–Crippen MR) is 29.2 cm³/mol. The Balaban J connectivity index is 0. The lowest BCUT2D eigenvalue weighted by Gasteiger charge is -1.52. The van der Waals surface area contributed by atoms with Crippen molar-refractivity contribution in [3.63, 3.8) is 0 Å². The van der Waals surface area contributed by atoms with Gasteiger partial charge in [0.2, 0.25) is 0 Å². The molecule has 0 aliphatic rings. The summed E-state index contributed by atoms with van der Waals surface area (Å²) in [6, 6.07) is 0. The third kappa shape index (κ3) is 718. The molecule has 0 fully saturated rings. The van der Waals surface area contributed by atoms with Crippen LogP contribution in [0.3, 0.4) is 0 Å². The number of halogens is 1. The third-order valence-electron chi connectivity index (χ3n) is 0. The highest BCUT2D eigenvalue weighted by Gasteiger charge is 1.38. The summed E-state index contributed by atoms with van der Waals surface area (Å²) in [5.41, 5.74) is 0. The minimum absolute atomic E-state index is 0.250. The second kappa shape index (κ2) is 18.7. The van der Waals surface area contributed by atoms with Crippen LogP contribution in [0, 0.1) is 0 Å². The van der Waals surface area contributed by atoms with E-state index in [0.717, 1.165) is 5.88 Å². The number of rotatable bonds is 0. The SMILES string of the molecule is CCCl.CCO. The largest absolute Gasteiger partial charge is 0.397 e. The maximum atomic E-state index is 7.57. The Hall–Kier alpha value is 0.250. The van der Waals surface area contributed by atoms with Crippen LogP contribution in [0.2, 0.25) is 0 Å². The number of aliphatic hydroxyl groups is 1. The first kappa shape index (κ1) is 9.54. The highest BCUT2D eigenvalue weighted by atomic mass is 35.5. The number of alkyl halides is 1. The van der Waals surface area contributed by atoms with E-state index in [1.165, 1.54) is 0 Å². The molecule has 6 heavy (non-hydrogen) atoms. The minimum Gasteiger partial charge on any atom is -0.397 e. The monoisotopic (exact) mass is 110 g/mol. The highest BCUT2D eigenvalue weighted by molar-refractivity contribution is 6.17. The molecule has 0 aromatic rings. The van der Waals surface area contributed by atoms with E-state index in [4.69, 9.17) is 16.7 Å². The molecule has 1 nitrogen and oxygen atoms in total. The van der Waals surface area contributed by atoms with Crippen molar-refractivity contribution >= 4 is 11.6 Å². The van der Waals surface area contributed by atoms with Crippen molar-refractivity contribution in [1.82, 2.24) is 0 Å². The standard InChI is InChI=1S/C2H5Cl.C2H6O/c2*1-2-3/h2H2,1H3;3H,2H2,1H3. The van der Waals surface area contributed by atoms with Crippen LogP contribution in [0.25, 0.3) is 0 Å². The minimum atomic E-state index is 0.250. The zero-order valence-electron chi connectivity index (χ0n) is 4.24. The molecule has 0 amide bonds. The molecule has 0 heterocycles. The highest BCUT2D eigenvalue weighted by Crippen LogP contribution is 1.59. The van der Waals surface area contributed by atoms with E-state index in [0.29, 0.717) is 0 Å². The third-order valence-corrected chi connectivity index (χ3v) is 0. The molecule has 0 aliphatic heterocycles. The van der Waals surface area contributed by atoms with Gasteiger partial charge in [0.05, 0.1) is 0 Å². The Morgan fingerprint density at radius 2 is 1.50 bits per heavy atom. The van der Waals surface area contributed by atoms with E-state index in [9.17, 15) is 0 Å². The molecule has 0 atom stereocenters. The Morgan fingerprint density at radius 1 is 1.50 bits per heavy atom. The Labute approximate surface area is 43.9 Å².